The van der Waals surface area contributed by atoms with Gasteiger partial charge in [-0.1, -0.05) is 12.8 Å². The van der Waals surface area contributed by atoms with Crippen molar-refractivity contribution < 1.29 is 0 Å². The Balaban J connectivity index is 1.71. The lowest BCUT2D eigenvalue weighted by Crippen LogP contribution is -2.61. The van der Waals surface area contributed by atoms with Crippen LogP contribution in [0, 0.1) is 13.8 Å². The Hall–Kier alpha value is -0.380. The van der Waals surface area contributed by atoms with E-state index in [1.807, 2.05) is 11.3 Å². The van der Waals surface area contributed by atoms with Crippen LogP contribution >= 0.6 is 11.3 Å². The Morgan fingerprint density at radius 2 is 2.11 bits per heavy atom. The number of aryl methyl sites for hydroxylation is 2. The fraction of sp³-hybridized carbons (Fsp3) is 0.750. The first-order chi connectivity index (χ1) is 9.08. The Labute approximate surface area is 121 Å². The Morgan fingerprint density at radius 3 is 2.74 bits per heavy atom. The van der Waals surface area contributed by atoms with Crippen LogP contribution in [0.2, 0.25) is 0 Å². The lowest BCUT2D eigenvalue weighted by atomic mass is 9.92. The van der Waals surface area contributed by atoms with E-state index < -0.39 is 0 Å². The van der Waals surface area contributed by atoms with E-state index in [0.29, 0.717) is 11.6 Å². The van der Waals surface area contributed by atoms with Crippen LogP contribution in [0.1, 0.15) is 47.9 Å². The topological polar surface area (TPSA) is 15.3 Å². The molecule has 0 amide bonds. The average Bonchev–Trinajstić information content (AvgIpc) is 2.94. The Kier molecular flexibility index (Phi) is 3.71. The highest BCUT2D eigenvalue weighted by Crippen LogP contribution is 2.34. The van der Waals surface area contributed by atoms with E-state index in [4.69, 9.17) is 0 Å². The van der Waals surface area contributed by atoms with E-state index in [0.717, 1.165) is 13.1 Å². The molecule has 2 aliphatic rings. The van der Waals surface area contributed by atoms with Gasteiger partial charge in [-0.05, 0) is 45.2 Å². The second-order valence-electron chi connectivity index (χ2n) is 6.57. The lowest BCUT2D eigenvalue weighted by Gasteiger charge is -2.45. The van der Waals surface area contributed by atoms with Crippen molar-refractivity contribution in [3.63, 3.8) is 0 Å². The second kappa shape index (κ2) is 5.19. The molecule has 1 saturated carbocycles. The number of nitrogens with one attached hydrogen (secondary N) is 1. The average molecular weight is 278 g/mol. The maximum atomic E-state index is 3.84. The summed E-state index contributed by atoms with van der Waals surface area (Å²) in [5.41, 5.74) is 1.90. The van der Waals surface area contributed by atoms with Gasteiger partial charge in [-0.25, -0.2) is 0 Å². The fourth-order valence-electron chi connectivity index (χ4n) is 3.62. The van der Waals surface area contributed by atoms with E-state index >= 15 is 0 Å². The molecule has 1 aliphatic heterocycles. The molecule has 0 radical (unpaired) electrons. The minimum absolute atomic E-state index is 0.438. The van der Waals surface area contributed by atoms with Crippen LogP contribution in [0.3, 0.4) is 0 Å². The standard InChI is InChI=1S/C16H26N2S/c1-12-8-15(19-14(12)3)10-18-11-16(6-4-5-7-16)17-9-13(18)2/h8,13,17H,4-7,9-11H2,1-3H3. The lowest BCUT2D eigenvalue weighted by molar-refractivity contribution is 0.0835. The van der Waals surface area contributed by atoms with Gasteiger partial charge in [0.25, 0.3) is 0 Å². The summed E-state index contributed by atoms with van der Waals surface area (Å²) >= 11 is 1.98. The number of nitrogens with zero attached hydrogens (tertiary/aromatic N) is 1. The predicted octanol–water partition coefficient (Wildman–Crippen LogP) is 3.47. The summed E-state index contributed by atoms with van der Waals surface area (Å²) in [5.74, 6) is 0. The summed E-state index contributed by atoms with van der Waals surface area (Å²) in [7, 11) is 0. The minimum atomic E-state index is 0.438. The van der Waals surface area contributed by atoms with Crippen molar-refractivity contribution in [2.24, 2.45) is 0 Å². The largest absolute Gasteiger partial charge is 0.308 e. The first kappa shape index (κ1) is 13.6. The van der Waals surface area contributed by atoms with Gasteiger partial charge in [0.2, 0.25) is 0 Å². The molecule has 1 aromatic heterocycles. The summed E-state index contributed by atoms with van der Waals surface area (Å²) in [5, 5.41) is 3.84. The van der Waals surface area contributed by atoms with Gasteiger partial charge in [0.1, 0.15) is 0 Å². The summed E-state index contributed by atoms with van der Waals surface area (Å²) in [6.07, 6.45) is 5.57. The molecule has 19 heavy (non-hydrogen) atoms. The van der Waals surface area contributed by atoms with Gasteiger partial charge in [-0.3, -0.25) is 4.90 Å². The van der Waals surface area contributed by atoms with E-state index in [2.05, 4.69) is 37.1 Å². The van der Waals surface area contributed by atoms with Crippen molar-refractivity contribution in [2.45, 2.75) is 64.6 Å². The molecule has 1 aromatic rings. The first-order valence-electron chi connectivity index (χ1n) is 7.63. The zero-order chi connectivity index (χ0) is 13.5. The molecule has 2 nitrogen and oxygen atoms in total. The molecule has 1 N–H and O–H groups in total. The number of piperazine rings is 1. The third-order valence-corrected chi connectivity index (χ3v) is 6.18. The van der Waals surface area contributed by atoms with E-state index in [1.165, 1.54) is 47.5 Å². The SMILES string of the molecule is Cc1cc(CN2CC3(CCCC3)NCC2C)sc1C. The Morgan fingerprint density at radius 1 is 1.37 bits per heavy atom. The molecule has 2 heterocycles. The monoisotopic (exact) mass is 278 g/mol. The molecular weight excluding hydrogens is 252 g/mol. The van der Waals surface area contributed by atoms with Crippen LogP contribution in [0.15, 0.2) is 6.07 Å². The van der Waals surface area contributed by atoms with Gasteiger partial charge in [0, 0.05) is 41.0 Å². The molecule has 1 atom stereocenters. The van der Waals surface area contributed by atoms with Gasteiger partial charge >= 0.3 is 0 Å². The number of rotatable bonds is 2. The molecule has 0 aromatic carbocycles. The van der Waals surface area contributed by atoms with Crippen molar-refractivity contribution in [2.75, 3.05) is 13.1 Å². The van der Waals surface area contributed by atoms with Gasteiger partial charge < -0.3 is 5.32 Å². The van der Waals surface area contributed by atoms with Crippen LogP contribution in [0.5, 0.6) is 0 Å². The van der Waals surface area contributed by atoms with Gasteiger partial charge in [0.05, 0.1) is 0 Å². The number of hydrogen-bond donors (Lipinski definition) is 1. The predicted molar refractivity (Wildman–Crippen MR) is 82.9 cm³/mol. The van der Waals surface area contributed by atoms with Crippen LogP contribution < -0.4 is 5.32 Å². The summed E-state index contributed by atoms with van der Waals surface area (Å²) in [6, 6.07) is 3.05. The van der Waals surface area contributed by atoms with Gasteiger partial charge in [0.15, 0.2) is 0 Å². The van der Waals surface area contributed by atoms with Gasteiger partial charge in [-0.2, -0.15) is 0 Å². The zero-order valence-corrected chi connectivity index (χ0v) is 13.3. The Bertz CT molecular complexity index is 426. The van der Waals surface area contributed by atoms with Crippen molar-refractivity contribution in [3.8, 4) is 0 Å². The fourth-order valence-corrected chi connectivity index (χ4v) is 4.70. The highest BCUT2D eigenvalue weighted by atomic mass is 32.1. The van der Waals surface area contributed by atoms with E-state index in [-0.39, 0.29) is 0 Å². The van der Waals surface area contributed by atoms with Crippen LogP contribution in [-0.2, 0) is 6.54 Å². The first-order valence-corrected chi connectivity index (χ1v) is 8.45. The van der Waals surface area contributed by atoms with Crippen LogP contribution in [0.4, 0.5) is 0 Å². The molecule has 106 valence electrons. The van der Waals surface area contributed by atoms with E-state index in [9.17, 15) is 0 Å². The maximum absolute atomic E-state index is 3.84. The number of thiophene rings is 1. The smallest absolute Gasteiger partial charge is 0.0332 e. The molecule has 1 aliphatic carbocycles. The van der Waals surface area contributed by atoms with Crippen molar-refractivity contribution in [1.82, 2.24) is 10.2 Å². The minimum Gasteiger partial charge on any atom is -0.308 e. The van der Waals surface area contributed by atoms with Crippen molar-refractivity contribution >= 4 is 11.3 Å². The molecule has 1 spiro atoms. The van der Waals surface area contributed by atoms with Gasteiger partial charge in [-0.15, -0.1) is 11.3 Å². The van der Waals surface area contributed by atoms with E-state index in [1.54, 1.807) is 0 Å². The van der Waals surface area contributed by atoms with Crippen LogP contribution in [-0.4, -0.2) is 29.6 Å². The summed E-state index contributed by atoms with van der Waals surface area (Å²) < 4.78 is 0. The second-order valence-corrected chi connectivity index (χ2v) is 7.92. The normalized spacial score (nSPS) is 27.2. The highest BCUT2D eigenvalue weighted by molar-refractivity contribution is 7.12. The molecular formula is C16H26N2S. The molecule has 1 unspecified atom stereocenters. The van der Waals surface area contributed by atoms with Crippen molar-refractivity contribution in [3.05, 3.63) is 21.4 Å². The zero-order valence-electron chi connectivity index (χ0n) is 12.5. The molecule has 3 heteroatoms. The number of hydrogen-bond acceptors (Lipinski definition) is 3. The molecule has 0 bridgehead atoms. The van der Waals surface area contributed by atoms with Crippen LogP contribution in [0.25, 0.3) is 0 Å². The molecule has 2 fully saturated rings. The molecule has 3 rings (SSSR count). The van der Waals surface area contributed by atoms with Crippen molar-refractivity contribution in [1.29, 1.82) is 0 Å². The third-order valence-electron chi connectivity index (χ3n) is 5.04. The summed E-state index contributed by atoms with van der Waals surface area (Å²) in [6.45, 7) is 10.4. The summed E-state index contributed by atoms with van der Waals surface area (Å²) in [4.78, 5) is 5.72. The highest BCUT2D eigenvalue weighted by Gasteiger charge is 2.39. The third kappa shape index (κ3) is 2.74. The molecule has 1 saturated heterocycles. The quantitative estimate of drug-likeness (QED) is 0.891. The maximum Gasteiger partial charge on any atom is 0.0332 e.